The van der Waals surface area contributed by atoms with Crippen LogP contribution in [0.5, 0.6) is 0 Å². The number of carbonyl (C=O) groups is 1. The van der Waals surface area contributed by atoms with Gasteiger partial charge in [-0.05, 0) is 39.0 Å². The average molecular weight is 333 g/mol. The summed E-state index contributed by atoms with van der Waals surface area (Å²) in [6.07, 6.45) is 1.99. The SMILES string of the molecule is CCS(=O)(=O)N1CCC(C(=O)NC(C)(CN)CC(C)C)CC1. The highest BCUT2D eigenvalue weighted by Crippen LogP contribution is 2.22. The van der Waals surface area contributed by atoms with Crippen molar-refractivity contribution >= 4 is 15.9 Å². The Morgan fingerprint density at radius 2 is 1.91 bits per heavy atom. The molecule has 1 aliphatic heterocycles. The fraction of sp³-hybridized carbons (Fsp3) is 0.933. The lowest BCUT2D eigenvalue weighted by Crippen LogP contribution is -2.55. The molecule has 0 saturated carbocycles. The molecule has 0 spiro atoms. The molecular formula is C15H31N3O3S. The third-order valence-electron chi connectivity index (χ3n) is 4.32. The number of carbonyl (C=O) groups excluding carboxylic acids is 1. The van der Waals surface area contributed by atoms with Gasteiger partial charge in [-0.1, -0.05) is 13.8 Å². The lowest BCUT2D eigenvalue weighted by molar-refractivity contribution is -0.128. The number of sulfonamides is 1. The second kappa shape index (κ2) is 7.75. The first-order chi connectivity index (χ1) is 10.1. The van der Waals surface area contributed by atoms with E-state index in [0.29, 0.717) is 38.4 Å². The van der Waals surface area contributed by atoms with E-state index in [1.54, 1.807) is 6.92 Å². The maximum atomic E-state index is 12.4. The highest BCUT2D eigenvalue weighted by Gasteiger charge is 2.33. The molecule has 1 saturated heterocycles. The van der Waals surface area contributed by atoms with Crippen LogP contribution < -0.4 is 11.1 Å². The van der Waals surface area contributed by atoms with Gasteiger partial charge in [-0.2, -0.15) is 0 Å². The first kappa shape index (κ1) is 19.4. The van der Waals surface area contributed by atoms with Crippen LogP contribution in [0.3, 0.4) is 0 Å². The van der Waals surface area contributed by atoms with E-state index in [4.69, 9.17) is 5.73 Å². The number of piperidine rings is 1. The molecule has 1 amide bonds. The standard InChI is InChI=1S/C15H31N3O3S/c1-5-22(20,21)18-8-6-13(7-9-18)14(19)17-15(4,11-16)10-12(2)3/h12-13H,5-11,16H2,1-4H3,(H,17,19). The van der Waals surface area contributed by atoms with Crippen LogP contribution in [-0.4, -0.2) is 49.6 Å². The summed E-state index contributed by atoms with van der Waals surface area (Å²) in [5.74, 6) is 0.442. The van der Waals surface area contributed by atoms with Crippen molar-refractivity contribution in [1.82, 2.24) is 9.62 Å². The van der Waals surface area contributed by atoms with Crippen molar-refractivity contribution in [3.63, 3.8) is 0 Å². The summed E-state index contributed by atoms with van der Waals surface area (Å²) in [7, 11) is -3.14. The molecule has 130 valence electrons. The minimum absolute atomic E-state index is 0.00199. The monoisotopic (exact) mass is 333 g/mol. The zero-order valence-corrected chi connectivity index (χ0v) is 15.1. The van der Waals surface area contributed by atoms with Crippen molar-refractivity contribution in [2.45, 2.75) is 52.5 Å². The molecule has 0 radical (unpaired) electrons. The quantitative estimate of drug-likeness (QED) is 0.725. The molecule has 0 bridgehead atoms. The van der Waals surface area contributed by atoms with E-state index in [9.17, 15) is 13.2 Å². The molecule has 0 aromatic carbocycles. The van der Waals surface area contributed by atoms with Crippen LogP contribution >= 0.6 is 0 Å². The molecular weight excluding hydrogens is 302 g/mol. The third-order valence-corrected chi connectivity index (χ3v) is 6.20. The van der Waals surface area contributed by atoms with Gasteiger partial charge in [0.1, 0.15) is 0 Å². The van der Waals surface area contributed by atoms with Gasteiger partial charge in [-0.3, -0.25) is 4.79 Å². The smallest absolute Gasteiger partial charge is 0.223 e. The molecule has 1 fully saturated rings. The maximum Gasteiger partial charge on any atom is 0.223 e. The zero-order valence-electron chi connectivity index (χ0n) is 14.3. The van der Waals surface area contributed by atoms with Crippen molar-refractivity contribution in [2.75, 3.05) is 25.4 Å². The molecule has 0 aromatic rings. The van der Waals surface area contributed by atoms with Gasteiger partial charge in [-0.15, -0.1) is 0 Å². The van der Waals surface area contributed by atoms with Crippen molar-refractivity contribution in [1.29, 1.82) is 0 Å². The number of nitrogens with one attached hydrogen (secondary N) is 1. The topological polar surface area (TPSA) is 92.5 Å². The van der Waals surface area contributed by atoms with Gasteiger partial charge in [-0.25, -0.2) is 12.7 Å². The number of nitrogens with two attached hydrogens (primary N) is 1. The van der Waals surface area contributed by atoms with Crippen LogP contribution in [0.15, 0.2) is 0 Å². The molecule has 6 nitrogen and oxygen atoms in total. The van der Waals surface area contributed by atoms with Crippen molar-refractivity contribution in [3.8, 4) is 0 Å². The Labute approximate surface area is 134 Å². The molecule has 1 rings (SSSR count). The summed E-state index contributed by atoms with van der Waals surface area (Å²) in [6.45, 7) is 9.09. The molecule has 0 aliphatic carbocycles. The largest absolute Gasteiger partial charge is 0.349 e. The van der Waals surface area contributed by atoms with Crippen LogP contribution in [0, 0.1) is 11.8 Å². The zero-order chi connectivity index (χ0) is 17.0. The van der Waals surface area contributed by atoms with E-state index in [1.165, 1.54) is 4.31 Å². The molecule has 7 heteroatoms. The van der Waals surface area contributed by atoms with Gasteiger partial charge < -0.3 is 11.1 Å². The van der Waals surface area contributed by atoms with E-state index in [-0.39, 0.29) is 17.6 Å². The number of amides is 1. The summed E-state index contributed by atoms with van der Waals surface area (Å²) in [6, 6.07) is 0. The van der Waals surface area contributed by atoms with Crippen LogP contribution in [-0.2, 0) is 14.8 Å². The summed E-state index contributed by atoms with van der Waals surface area (Å²) in [4.78, 5) is 12.4. The summed E-state index contributed by atoms with van der Waals surface area (Å²) in [5.41, 5.74) is 5.44. The van der Waals surface area contributed by atoms with Gasteiger partial charge >= 0.3 is 0 Å². The van der Waals surface area contributed by atoms with E-state index in [0.717, 1.165) is 6.42 Å². The van der Waals surface area contributed by atoms with Gasteiger partial charge in [0.15, 0.2) is 0 Å². The lowest BCUT2D eigenvalue weighted by Gasteiger charge is -2.35. The Bertz CT molecular complexity index is 470. The third kappa shape index (κ3) is 5.21. The van der Waals surface area contributed by atoms with Crippen LogP contribution in [0.2, 0.25) is 0 Å². The lowest BCUT2D eigenvalue weighted by atomic mass is 9.89. The normalized spacial score (nSPS) is 20.8. The highest BCUT2D eigenvalue weighted by atomic mass is 32.2. The van der Waals surface area contributed by atoms with Gasteiger partial charge in [0.2, 0.25) is 15.9 Å². The molecule has 1 heterocycles. The summed E-state index contributed by atoms with van der Waals surface area (Å²) >= 11 is 0. The van der Waals surface area contributed by atoms with E-state index in [1.807, 2.05) is 6.92 Å². The predicted molar refractivity (Wildman–Crippen MR) is 88.8 cm³/mol. The predicted octanol–water partition coefficient (Wildman–Crippen LogP) is 0.928. The fourth-order valence-electron chi connectivity index (χ4n) is 3.06. The number of hydrogen-bond donors (Lipinski definition) is 2. The minimum atomic E-state index is -3.14. The van der Waals surface area contributed by atoms with Gasteiger partial charge in [0, 0.05) is 31.1 Å². The molecule has 1 unspecified atom stereocenters. The number of hydrogen-bond acceptors (Lipinski definition) is 4. The number of nitrogens with zero attached hydrogens (tertiary/aromatic N) is 1. The highest BCUT2D eigenvalue weighted by molar-refractivity contribution is 7.89. The van der Waals surface area contributed by atoms with Crippen LogP contribution in [0.25, 0.3) is 0 Å². The Morgan fingerprint density at radius 3 is 2.32 bits per heavy atom. The van der Waals surface area contributed by atoms with Crippen LogP contribution in [0.1, 0.15) is 47.0 Å². The second-order valence-electron chi connectivity index (χ2n) is 6.93. The van der Waals surface area contributed by atoms with Gasteiger partial charge in [0.05, 0.1) is 5.75 Å². The Balaban J connectivity index is 2.59. The van der Waals surface area contributed by atoms with Crippen molar-refractivity contribution < 1.29 is 13.2 Å². The van der Waals surface area contributed by atoms with Crippen molar-refractivity contribution in [2.24, 2.45) is 17.6 Å². The van der Waals surface area contributed by atoms with E-state index < -0.39 is 15.6 Å². The summed E-state index contributed by atoms with van der Waals surface area (Å²) in [5, 5.41) is 3.08. The molecule has 1 aliphatic rings. The maximum absolute atomic E-state index is 12.4. The number of rotatable bonds is 7. The first-order valence-electron chi connectivity index (χ1n) is 8.13. The minimum Gasteiger partial charge on any atom is -0.349 e. The van der Waals surface area contributed by atoms with Crippen molar-refractivity contribution in [3.05, 3.63) is 0 Å². The van der Waals surface area contributed by atoms with E-state index >= 15 is 0 Å². The second-order valence-corrected chi connectivity index (χ2v) is 9.18. The average Bonchev–Trinajstić information content (AvgIpc) is 2.46. The molecule has 3 N–H and O–H groups in total. The van der Waals surface area contributed by atoms with E-state index in [2.05, 4.69) is 19.2 Å². The van der Waals surface area contributed by atoms with Gasteiger partial charge in [0.25, 0.3) is 0 Å². The first-order valence-corrected chi connectivity index (χ1v) is 9.74. The Kier molecular flexibility index (Phi) is 6.83. The molecule has 1 atom stereocenters. The fourth-order valence-corrected chi connectivity index (χ4v) is 4.20. The van der Waals surface area contributed by atoms with Crippen LogP contribution in [0.4, 0.5) is 0 Å². The molecule has 22 heavy (non-hydrogen) atoms. The molecule has 0 aromatic heterocycles. The summed E-state index contributed by atoms with van der Waals surface area (Å²) < 4.78 is 25.2. The Morgan fingerprint density at radius 1 is 1.36 bits per heavy atom. The Hall–Kier alpha value is -0.660.